The third-order valence-electron chi connectivity index (χ3n) is 3.32. The van der Waals surface area contributed by atoms with Crippen molar-refractivity contribution in [3.63, 3.8) is 0 Å². The van der Waals surface area contributed by atoms with Crippen LogP contribution in [0.15, 0.2) is 65.7 Å². The first kappa shape index (κ1) is 15.1. The topological polar surface area (TPSA) is 39.8 Å². The predicted octanol–water partition coefficient (Wildman–Crippen LogP) is 3.10. The number of hydrogen-bond acceptors (Lipinski definition) is 2. The van der Waals surface area contributed by atoms with Gasteiger partial charge >= 0.3 is 6.18 Å². The highest BCUT2D eigenvalue weighted by molar-refractivity contribution is 5.30. The van der Waals surface area contributed by atoms with E-state index in [0.29, 0.717) is 5.69 Å². The minimum atomic E-state index is -4.66. The Kier molecular flexibility index (Phi) is 3.77. The first-order valence-corrected chi connectivity index (χ1v) is 6.82. The van der Waals surface area contributed by atoms with Gasteiger partial charge in [-0.3, -0.25) is 4.79 Å². The maximum atomic E-state index is 12.8. The smallest absolute Gasteiger partial charge is 0.309 e. The van der Waals surface area contributed by atoms with Gasteiger partial charge in [0.25, 0.3) is 5.56 Å². The van der Waals surface area contributed by atoms with Crippen LogP contribution in [0, 0.1) is 0 Å². The SMILES string of the molecule is O=c1c(C(F)(F)F)cccn1Cc1ccn(-c2ccccc2)n1. The Morgan fingerprint density at radius 1 is 0.957 bits per heavy atom. The average Bonchev–Trinajstić information content (AvgIpc) is 2.98. The first-order chi connectivity index (χ1) is 10.9. The van der Waals surface area contributed by atoms with Gasteiger partial charge in [-0.25, -0.2) is 4.68 Å². The molecule has 0 spiro atoms. The van der Waals surface area contributed by atoms with Crippen molar-refractivity contribution >= 4 is 0 Å². The molecule has 3 aromatic rings. The molecule has 23 heavy (non-hydrogen) atoms. The van der Waals surface area contributed by atoms with E-state index in [0.717, 1.165) is 16.3 Å². The first-order valence-electron chi connectivity index (χ1n) is 6.82. The molecular weight excluding hydrogens is 307 g/mol. The molecule has 0 saturated carbocycles. The number of halogens is 3. The lowest BCUT2D eigenvalue weighted by Crippen LogP contribution is -2.28. The lowest BCUT2D eigenvalue weighted by Gasteiger charge is -2.09. The van der Waals surface area contributed by atoms with E-state index in [1.807, 2.05) is 30.3 Å². The molecule has 3 rings (SSSR count). The Bertz CT molecular complexity index is 866. The van der Waals surface area contributed by atoms with E-state index < -0.39 is 17.3 Å². The van der Waals surface area contributed by atoms with E-state index in [9.17, 15) is 18.0 Å². The Labute approximate surface area is 129 Å². The van der Waals surface area contributed by atoms with E-state index in [1.165, 1.54) is 12.3 Å². The summed E-state index contributed by atoms with van der Waals surface area (Å²) in [5.74, 6) is 0. The number of rotatable bonds is 3. The molecule has 4 nitrogen and oxygen atoms in total. The van der Waals surface area contributed by atoms with Gasteiger partial charge in [0, 0.05) is 12.4 Å². The third kappa shape index (κ3) is 3.18. The molecule has 0 radical (unpaired) electrons. The van der Waals surface area contributed by atoms with Gasteiger partial charge in [0.2, 0.25) is 0 Å². The zero-order valence-corrected chi connectivity index (χ0v) is 11.9. The van der Waals surface area contributed by atoms with Crippen LogP contribution in [0.2, 0.25) is 0 Å². The summed E-state index contributed by atoms with van der Waals surface area (Å²) >= 11 is 0. The molecule has 0 fully saturated rings. The number of benzene rings is 1. The summed E-state index contributed by atoms with van der Waals surface area (Å²) in [5.41, 5.74) is -0.929. The summed E-state index contributed by atoms with van der Waals surface area (Å²) < 4.78 is 40.9. The summed E-state index contributed by atoms with van der Waals surface area (Å²) in [4.78, 5) is 11.9. The summed E-state index contributed by atoms with van der Waals surface area (Å²) in [5, 5.41) is 4.28. The van der Waals surface area contributed by atoms with Crippen molar-refractivity contribution in [3.8, 4) is 5.69 Å². The Balaban J connectivity index is 1.89. The highest BCUT2D eigenvalue weighted by Crippen LogP contribution is 2.26. The van der Waals surface area contributed by atoms with Gasteiger partial charge < -0.3 is 4.57 Å². The molecule has 0 amide bonds. The van der Waals surface area contributed by atoms with E-state index in [4.69, 9.17) is 0 Å². The second kappa shape index (κ2) is 5.75. The fourth-order valence-corrected chi connectivity index (χ4v) is 2.22. The number of para-hydroxylation sites is 1. The number of hydrogen-bond donors (Lipinski definition) is 0. The van der Waals surface area contributed by atoms with Crippen LogP contribution in [0.3, 0.4) is 0 Å². The quantitative estimate of drug-likeness (QED) is 0.744. The van der Waals surface area contributed by atoms with Crippen LogP contribution in [-0.4, -0.2) is 14.3 Å². The standard InChI is InChI=1S/C16H12F3N3O/c17-16(18,19)14-7-4-9-21(15(14)23)11-12-8-10-22(20-12)13-5-2-1-3-6-13/h1-10H,11H2. The van der Waals surface area contributed by atoms with Gasteiger partial charge in [0.1, 0.15) is 5.56 Å². The number of pyridine rings is 1. The van der Waals surface area contributed by atoms with Crippen LogP contribution in [0.25, 0.3) is 5.69 Å². The van der Waals surface area contributed by atoms with Gasteiger partial charge in [-0.2, -0.15) is 18.3 Å². The van der Waals surface area contributed by atoms with Crippen LogP contribution in [0.1, 0.15) is 11.3 Å². The Morgan fingerprint density at radius 2 is 1.70 bits per heavy atom. The van der Waals surface area contributed by atoms with E-state index in [2.05, 4.69) is 5.10 Å². The Hall–Kier alpha value is -2.83. The summed E-state index contributed by atoms with van der Waals surface area (Å²) in [6.07, 6.45) is -1.65. The lowest BCUT2D eigenvalue weighted by molar-refractivity contribution is -0.138. The van der Waals surface area contributed by atoms with Crippen LogP contribution >= 0.6 is 0 Å². The van der Waals surface area contributed by atoms with Gasteiger partial charge in [0.05, 0.1) is 17.9 Å². The van der Waals surface area contributed by atoms with Crippen molar-refractivity contribution in [2.24, 2.45) is 0 Å². The van der Waals surface area contributed by atoms with Crippen LogP contribution in [0.4, 0.5) is 13.2 Å². The molecule has 7 heteroatoms. The molecule has 0 N–H and O–H groups in total. The maximum Gasteiger partial charge on any atom is 0.421 e. The summed E-state index contributed by atoms with van der Waals surface area (Å²) in [7, 11) is 0. The highest BCUT2D eigenvalue weighted by Gasteiger charge is 2.34. The van der Waals surface area contributed by atoms with Crippen LogP contribution < -0.4 is 5.56 Å². The normalized spacial score (nSPS) is 11.6. The number of alkyl halides is 3. The maximum absolute atomic E-state index is 12.8. The molecule has 0 unspecified atom stereocenters. The van der Waals surface area contributed by atoms with Crippen LogP contribution in [-0.2, 0) is 12.7 Å². The molecule has 118 valence electrons. The molecule has 0 saturated heterocycles. The largest absolute Gasteiger partial charge is 0.421 e. The zero-order chi connectivity index (χ0) is 16.4. The van der Waals surface area contributed by atoms with Crippen molar-refractivity contribution in [1.82, 2.24) is 14.3 Å². The van der Waals surface area contributed by atoms with Crippen molar-refractivity contribution < 1.29 is 13.2 Å². The van der Waals surface area contributed by atoms with E-state index >= 15 is 0 Å². The molecule has 2 heterocycles. The zero-order valence-electron chi connectivity index (χ0n) is 11.9. The predicted molar refractivity (Wildman–Crippen MR) is 78.4 cm³/mol. The minimum absolute atomic E-state index is 0.0252. The van der Waals surface area contributed by atoms with E-state index in [-0.39, 0.29) is 6.54 Å². The molecule has 0 aliphatic heterocycles. The monoisotopic (exact) mass is 319 g/mol. The number of aromatic nitrogens is 3. The molecule has 1 aromatic carbocycles. The van der Waals surface area contributed by atoms with Crippen molar-refractivity contribution in [2.45, 2.75) is 12.7 Å². The fourth-order valence-electron chi connectivity index (χ4n) is 2.22. The number of nitrogens with zero attached hydrogens (tertiary/aromatic N) is 3. The average molecular weight is 319 g/mol. The molecule has 2 aromatic heterocycles. The fraction of sp³-hybridized carbons (Fsp3) is 0.125. The Morgan fingerprint density at radius 3 is 2.39 bits per heavy atom. The van der Waals surface area contributed by atoms with Crippen molar-refractivity contribution in [3.05, 3.63) is 82.5 Å². The molecule has 0 aliphatic rings. The van der Waals surface area contributed by atoms with Gasteiger partial charge in [-0.15, -0.1) is 0 Å². The molecule has 0 aliphatic carbocycles. The molecule has 0 bridgehead atoms. The second-order valence-electron chi connectivity index (χ2n) is 4.94. The summed E-state index contributed by atoms with van der Waals surface area (Å²) in [6, 6.07) is 12.9. The highest BCUT2D eigenvalue weighted by atomic mass is 19.4. The third-order valence-corrected chi connectivity index (χ3v) is 3.32. The van der Waals surface area contributed by atoms with Gasteiger partial charge in [-0.1, -0.05) is 18.2 Å². The van der Waals surface area contributed by atoms with E-state index in [1.54, 1.807) is 16.9 Å². The lowest BCUT2D eigenvalue weighted by atomic mass is 10.2. The van der Waals surface area contributed by atoms with Crippen LogP contribution in [0.5, 0.6) is 0 Å². The molecule has 0 atom stereocenters. The summed E-state index contributed by atoms with van der Waals surface area (Å²) in [6.45, 7) is -0.0252. The van der Waals surface area contributed by atoms with Crippen molar-refractivity contribution in [1.29, 1.82) is 0 Å². The minimum Gasteiger partial charge on any atom is -0.309 e. The van der Waals surface area contributed by atoms with Crippen molar-refractivity contribution in [2.75, 3.05) is 0 Å². The molecular formula is C16H12F3N3O. The van der Waals surface area contributed by atoms with Gasteiger partial charge in [-0.05, 0) is 30.3 Å². The van der Waals surface area contributed by atoms with Gasteiger partial charge in [0.15, 0.2) is 0 Å². The second-order valence-corrected chi connectivity index (χ2v) is 4.94.